The maximum absolute atomic E-state index is 13.2. The molecule has 1 saturated heterocycles. The minimum atomic E-state index is -0.832. The van der Waals surface area contributed by atoms with Gasteiger partial charge < -0.3 is 29.0 Å². The van der Waals surface area contributed by atoms with Gasteiger partial charge in [-0.25, -0.2) is 0 Å². The monoisotopic (exact) mass is 531 g/mol. The predicted molar refractivity (Wildman–Crippen MR) is 147 cm³/mol. The van der Waals surface area contributed by atoms with Crippen molar-refractivity contribution in [3.8, 4) is 17.2 Å². The molecule has 1 unspecified atom stereocenters. The van der Waals surface area contributed by atoms with Crippen LogP contribution in [-0.4, -0.2) is 55.7 Å². The second kappa shape index (κ2) is 12.5. The number of rotatable bonds is 11. The van der Waals surface area contributed by atoms with E-state index in [9.17, 15) is 14.7 Å². The quantitative estimate of drug-likeness (QED) is 0.210. The summed E-state index contributed by atoms with van der Waals surface area (Å²) in [6.07, 6.45) is 0. The number of aliphatic hydroxyl groups is 1. The SMILES string of the molecule is CCOc1ccc(C2/C(=C(\O)c3ccc(OCc4cccc(C)c4)cc3)C(=O)C(=O)N2CCOC)cc1OC. The number of ketones is 1. The molecule has 4 rings (SSSR count). The molecule has 0 radical (unpaired) electrons. The lowest BCUT2D eigenvalue weighted by Crippen LogP contribution is -2.32. The lowest BCUT2D eigenvalue weighted by molar-refractivity contribution is -0.140. The molecule has 8 nitrogen and oxygen atoms in total. The van der Waals surface area contributed by atoms with Crippen LogP contribution >= 0.6 is 0 Å². The van der Waals surface area contributed by atoms with E-state index in [2.05, 4.69) is 6.07 Å². The maximum Gasteiger partial charge on any atom is 0.295 e. The molecule has 204 valence electrons. The van der Waals surface area contributed by atoms with Crippen molar-refractivity contribution in [1.82, 2.24) is 4.90 Å². The first-order valence-electron chi connectivity index (χ1n) is 12.7. The van der Waals surface area contributed by atoms with Crippen molar-refractivity contribution in [3.05, 3.63) is 94.6 Å². The van der Waals surface area contributed by atoms with Crippen LogP contribution in [0.2, 0.25) is 0 Å². The summed E-state index contributed by atoms with van der Waals surface area (Å²) >= 11 is 0. The highest BCUT2D eigenvalue weighted by molar-refractivity contribution is 6.46. The summed E-state index contributed by atoms with van der Waals surface area (Å²) in [6, 6.07) is 19.2. The summed E-state index contributed by atoms with van der Waals surface area (Å²) < 4.78 is 22.2. The molecule has 0 spiro atoms. The van der Waals surface area contributed by atoms with Crippen molar-refractivity contribution in [2.24, 2.45) is 0 Å². The first-order valence-corrected chi connectivity index (χ1v) is 12.7. The second-order valence-corrected chi connectivity index (χ2v) is 9.13. The van der Waals surface area contributed by atoms with E-state index >= 15 is 0 Å². The van der Waals surface area contributed by atoms with E-state index in [0.29, 0.717) is 41.6 Å². The highest BCUT2D eigenvalue weighted by Crippen LogP contribution is 2.42. The summed E-state index contributed by atoms with van der Waals surface area (Å²) in [4.78, 5) is 27.7. The van der Waals surface area contributed by atoms with Gasteiger partial charge >= 0.3 is 0 Å². The molecule has 3 aromatic carbocycles. The van der Waals surface area contributed by atoms with Gasteiger partial charge in [-0.2, -0.15) is 0 Å². The van der Waals surface area contributed by atoms with Gasteiger partial charge in [0.1, 0.15) is 18.1 Å². The molecular formula is C31H33NO7. The Morgan fingerprint density at radius 1 is 0.949 bits per heavy atom. The first-order chi connectivity index (χ1) is 18.9. The van der Waals surface area contributed by atoms with Gasteiger partial charge in [0.15, 0.2) is 11.5 Å². The molecule has 3 aromatic rings. The van der Waals surface area contributed by atoms with Gasteiger partial charge in [-0.1, -0.05) is 35.9 Å². The van der Waals surface area contributed by atoms with Crippen LogP contribution in [0.4, 0.5) is 0 Å². The molecule has 1 heterocycles. The Kier molecular flexibility index (Phi) is 8.88. The number of methoxy groups -OCH3 is 2. The number of aliphatic hydroxyl groups excluding tert-OH is 1. The number of Topliss-reactive ketones (excluding diaryl/α,β-unsaturated/α-hetero) is 1. The lowest BCUT2D eigenvalue weighted by Gasteiger charge is -2.25. The third kappa shape index (κ3) is 6.07. The third-order valence-electron chi connectivity index (χ3n) is 6.50. The molecule has 0 aliphatic carbocycles. The number of hydrogen-bond acceptors (Lipinski definition) is 7. The maximum atomic E-state index is 13.2. The van der Waals surface area contributed by atoms with E-state index in [4.69, 9.17) is 18.9 Å². The molecule has 39 heavy (non-hydrogen) atoms. The van der Waals surface area contributed by atoms with Gasteiger partial charge in [-0.3, -0.25) is 9.59 Å². The molecule has 0 saturated carbocycles. The molecule has 1 amide bonds. The molecule has 1 fully saturated rings. The average molecular weight is 532 g/mol. The minimum absolute atomic E-state index is 0.00394. The van der Waals surface area contributed by atoms with Gasteiger partial charge in [0, 0.05) is 19.2 Å². The zero-order chi connectivity index (χ0) is 27.9. The van der Waals surface area contributed by atoms with Crippen molar-refractivity contribution in [3.63, 3.8) is 0 Å². The number of aryl methyl sites for hydroxylation is 1. The number of amides is 1. The number of nitrogens with zero attached hydrogens (tertiary/aromatic N) is 1. The standard InChI is InChI=1S/C31H33NO7/c1-5-38-25-14-11-23(18-26(25)37-4)28-27(30(34)31(35)32(28)15-16-36-3)29(33)22-9-12-24(13-10-22)39-19-21-8-6-7-20(2)17-21/h6-14,17-18,28,33H,5,15-16,19H2,1-4H3/b29-27+. The zero-order valence-corrected chi connectivity index (χ0v) is 22.6. The van der Waals surface area contributed by atoms with Crippen LogP contribution in [-0.2, 0) is 20.9 Å². The number of benzene rings is 3. The van der Waals surface area contributed by atoms with E-state index in [1.807, 2.05) is 32.0 Å². The van der Waals surface area contributed by atoms with Crippen LogP contribution in [0, 0.1) is 6.92 Å². The van der Waals surface area contributed by atoms with Crippen molar-refractivity contribution in [1.29, 1.82) is 0 Å². The molecule has 1 aliphatic rings. The molecule has 0 aromatic heterocycles. The smallest absolute Gasteiger partial charge is 0.295 e. The number of ether oxygens (including phenoxy) is 4. The van der Waals surface area contributed by atoms with E-state index in [0.717, 1.165) is 11.1 Å². The normalized spacial score (nSPS) is 16.4. The summed E-state index contributed by atoms with van der Waals surface area (Å²) in [5.41, 5.74) is 3.19. The molecule has 0 bridgehead atoms. The zero-order valence-electron chi connectivity index (χ0n) is 22.6. The second-order valence-electron chi connectivity index (χ2n) is 9.13. The topological polar surface area (TPSA) is 94.5 Å². The van der Waals surface area contributed by atoms with Crippen molar-refractivity contribution in [2.45, 2.75) is 26.5 Å². The molecule has 1 atom stereocenters. The van der Waals surface area contributed by atoms with Crippen LogP contribution in [0.25, 0.3) is 5.76 Å². The number of carbonyl (C=O) groups excluding carboxylic acids is 2. The number of carbonyl (C=O) groups is 2. The van der Waals surface area contributed by atoms with Crippen LogP contribution in [0.3, 0.4) is 0 Å². The Morgan fingerprint density at radius 3 is 2.38 bits per heavy atom. The van der Waals surface area contributed by atoms with Crippen LogP contribution < -0.4 is 14.2 Å². The largest absolute Gasteiger partial charge is 0.507 e. The van der Waals surface area contributed by atoms with Gasteiger partial charge in [-0.15, -0.1) is 0 Å². The van der Waals surface area contributed by atoms with E-state index in [1.165, 1.54) is 19.1 Å². The van der Waals surface area contributed by atoms with Gasteiger partial charge in [-0.05, 0) is 61.4 Å². The Hall–Kier alpha value is -4.30. The third-order valence-corrected chi connectivity index (χ3v) is 6.50. The van der Waals surface area contributed by atoms with Crippen molar-refractivity contribution in [2.75, 3.05) is 34.0 Å². The molecular weight excluding hydrogens is 498 g/mol. The number of likely N-dealkylation sites (tertiary alicyclic amines) is 1. The van der Waals surface area contributed by atoms with Crippen LogP contribution in [0.1, 0.15) is 35.2 Å². The fraction of sp³-hybridized carbons (Fsp3) is 0.290. The molecule has 1 N–H and O–H groups in total. The van der Waals surface area contributed by atoms with Gasteiger partial charge in [0.2, 0.25) is 0 Å². The average Bonchev–Trinajstić information content (AvgIpc) is 3.20. The summed E-state index contributed by atoms with van der Waals surface area (Å²) in [5.74, 6) is -0.121. The highest BCUT2D eigenvalue weighted by atomic mass is 16.5. The Bertz CT molecular complexity index is 1360. The minimum Gasteiger partial charge on any atom is -0.507 e. The van der Waals surface area contributed by atoms with Crippen molar-refractivity contribution >= 4 is 17.4 Å². The molecule has 8 heteroatoms. The summed E-state index contributed by atoms with van der Waals surface area (Å²) in [5, 5.41) is 11.3. The van der Waals surface area contributed by atoms with Crippen LogP contribution in [0.15, 0.2) is 72.3 Å². The fourth-order valence-corrected chi connectivity index (χ4v) is 4.61. The van der Waals surface area contributed by atoms with Gasteiger partial charge in [0.25, 0.3) is 11.7 Å². The lowest BCUT2D eigenvalue weighted by atomic mass is 9.95. The Morgan fingerprint density at radius 2 is 1.72 bits per heavy atom. The Balaban J connectivity index is 1.68. The fourth-order valence-electron chi connectivity index (χ4n) is 4.61. The number of hydrogen-bond donors (Lipinski definition) is 1. The van der Waals surface area contributed by atoms with E-state index in [1.54, 1.807) is 42.5 Å². The predicted octanol–water partition coefficient (Wildman–Crippen LogP) is 5.05. The van der Waals surface area contributed by atoms with E-state index < -0.39 is 17.7 Å². The van der Waals surface area contributed by atoms with Crippen LogP contribution in [0.5, 0.6) is 17.2 Å². The highest BCUT2D eigenvalue weighted by Gasteiger charge is 2.46. The Labute approximate surface area is 228 Å². The first kappa shape index (κ1) is 27.7. The van der Waals surface area contributed by atoms with Crippen molar-refractivity contribution < 1.29 is 33.6 Å². The molecule has 1 aliphatic heterocycles. The summed E-state index contributed by atoms with van der Waals surface area (Å²) in [7, 11) is 3.04. The summed E-state index contributed by atoms with van der Waals surface area (Å²) in [6.45, 7) is 5.14. The van der Waals surface area contributed by atoms with Gasteiger partial charge in [0.05, 0.1) is 31.9 Å². The van der Waals surface area contributed by atoms with E-state index in [-0.39, 0.29) is 24.5 Å².